The first kappa shape index (κ1) is 15.6. The number of hydrogen-bond acceptors (Lipinski definition) is 4. The average molecular weight is 304 g/mol. The van der Waals surface area contributed by atoms with Crippen LogP contribution in [0.2, 0.25) is 0 Å². The maximum absolute atomic E-state index is 11.8. The molecule has 21 heavy (non-hydrogen) atoms. The summed E-state index contributed by atoms with van der Waals surface area (Å²) >= 11 is 1.62. The topological polar surface area (TPSA) is 86.9 Å². The molecule has 0 bridgehead atoms. The average Bonchev–Trinajstić information content (AvgIpc) is 2.77. The Balaban J connectivity index is 2.08. The molecule has 1 unspecified atom stereocenters. The van der Waals surface area contributed by atoms with E-state index in [4.69, 9.17) is 11.5 Å². The van der Waals surface area contributed by atoms with Gasteiger partial charge >= 0.3 is 0 Å². The van der Waals surface area contributed by atoms with Crippen LogP contribution in [0, 0.1) is 6.92 Å². The minimum atomic E-state index is -1.14. The van der Waals surface area contributed by atoms with Crippen molar-refractivity contribution >= 4 is 17.7 Å². The molecule has 2 rings (SSSR count). The van der Waals surface area contributed by atoms with E-state index in [1.54, 1.807) is 11.8 Å². The van der Waals surface area contributed by atoms with E-state index in [1.807, 2.05) is 55.1 Å². The van der Waals surface area contributed by atoms with Crippen molar-refractivity contribution in [2.24, 2.45) is 18.5 Å². The molecule has 2 aromatic rings. The van der Waals surface area contributed by atoms with Gasteiger partial charge in [-0.2, -0.15) is 5.10 Å². The lowest BCUT2D eigenvalue weighted by molar-refractivity contribution is -0.123. The van der Waals surface area contributed by atoms with Crippen LogP contribution in [0.25, 0.3) is 0 Å². The number of primary amides is 1. The molecule has 0 aliphatic heterocycles. The largest absolute Gasteiger partial charge is 0.368 e. The van der Waals surface area contributed by atoms with E-state index in [1.165, 1.54) is 0 Å². The number of aryl methyl sites for hydroxylation is 2. The molecular weight excluding hydrogens is 284 g/mol. The maximum Gasteiger partial charge on any atom is 0.242 e. The first-order valence-corrected chi connectivity index (χ1v) is 7.70. The van der Waals surface area contributed by atoms with E-state index in [0.717, 1.165) is 16.3 Å². The van der Waals surface area contributed by atoms with Gasteiger partial charge in [-0.05, 0) is 25.0 Å². The van der Waals surface area contributed by atoms with Gasteiger partial charge in [0.2, 0.25) is 5.91 Å². The standard InChI is InChI=1S/C15H20N4OS/c1-11-10-13(19(2)18-11)21-9-8-15(17,14(16)20)12-6-4-3-5-7-12/h3-7,10H,8-9,17H2,1-2H3,(H2,16,20). The summed E-state index contributed by atoms with van der Waals surface area (Å²) in [5.74, 6) is 0.184. The molecule has 1 heterocycles. The predicted octanol–water partition coefficient (Wildman–Crippen LogP) is 1.55. The fraction of sp³-hybridized carbons (Fsp3) is 0.333. The summed E-state index contributed by atoms with van der Waals surface area (Å²) in [6.45, 7) is 1.95. The minimum absolute atomic E-state index is 0.473. The Hall–Kier alpha value is -1.79. The molecule has 0 spiro atoms. The highest BCUT2D eigenvalue weighted by Crippen LogP contribution is 2.27. The van der Waals surface area contributed by atoms with Crippen LogP contribution in [0.4, 0.5) is 0 Å². The van der Waals surface area contributed by atoms with Crippen LogP contribution in [-0.2, 0) is 17.4 Å². The van der Waals surface area contributed by atoms with Gasteiger partial charge in [0.05, 0.1) is 10.7 Å². The van der Waals surface area contributed by atoms with Gasteiger partial charge in [-0.15, -0.1) is 11.8 Å². The molecule has 112 valence electrons. The lowest BCUT2D eigenvalue weighted by atomic mass is 9.88. The summed E-state index contributed by atoms with van der Waals surface area (Å²) in [6.07, 6.45) is 0.473. The van der Waals surface area contributed by atoms with E-state index in [9.17, 15) is 4.79 Å². The van der Waals surface area contributed by atoms with E-state index >= 15 is 0 Å². The molecule has 0 aliphatic carbocycles. The van der Waals surface area contributed by atoms with E-state index in [2.05, 4.69) is 5.10 Å². The molecule has 0 aliphatic rings. The van der Waals surface area contributed by atoms with Crippen LogP contribution >= 0.6 is 11.8 Å². The van der Waals surface area contributed by atoms with Crippen molar-refractivity contribution in [3.8, 4) is 0 Å². The second-order valence-electron chi connectivity index (χ2n) is 5.05. The lowest BCUT2D eigenvalue weighted by Crippen LogP contribution is -2.49. The summed E-state index contributed by atoms with van der Waals surface area (Å²) in [6, 6.07) is 11.3. The van der Waals surface area contributed by atoms with Gasteiger partial charge in [0, 0.05) is 12.8 Å². The molecule has 1 aromatic carbocycles. The number of carbonyl (C=O) groups is 1. The lowest BCUT2D eigenvalue weighted by Gasteiger charge is -2.26. The van der Waals surface area contributed by atoms with Crippen molar-refractivity contribution in [3.63, 3.8) is 0 Å². The minimum Gasteiger partial charge on any atom is -0.368 e. The Labute approximate surface area is 128 Å². The van der Waals surface area contributed by atoms with E-state index < -0.39 is 11.4 Å². The third kappa shape index (κ3) is 3.46. The van der Waals surface area contributed by atoms with Crippen LogP contribution < -0.4 is 11.5 Å². The fourth-order valence-electron chi connectivity index (χ4n) is 2.18. The molecule has 1 aromatic heterocycles. The van der Waals surface area contributed by atoms with Crippen LogP contribution in [-0.4, -0.2) is 21.4 Å². The number of benzene rings is 1. The van der Waals surface area contributed by atoms with Crippen LogP contribution in [0.5, 0.6) is 0 Å². The molecule has 5 nitrogen and oxygen atoms in total. The number of nitrogens with zero attached hydrogens (tertiary/aromatic N) is 2. The predicted molar refractivity (Wildman–Crippen MR) is 84.8 cm³/mol. The summed E-state index contributed by atoms with van der Waals surface area (Å²) < 4.78 is 1.82. The number of thioether (sulfide) groups is 1. The molecule has 4 N–H and O–H groups in total. The van der Waals surface area contributed by atoms with Crippen molar-refractivity contribution < 1.29 is 4.79 Å². The van der Waals surface area contributed by atoms with Gasteiger partial charge in [0.25, 0.3) is 0 Å². The molecule has 1 amide bonds. The van der Waals surface area contributed by atoms with Crippen molar-refractivity contribution in [2.45, 2.75) is 23.9 Å². The Kier molecular flexibility index (Phi) is 4.69. The molecule has 6 heteroatoms. The highest BCUT2D eigenvalue weighted by atomic mass is 32.2. The van der Waals surface area contributed by atoms with Crippen LogP contribution in [0.3, 0.4) is 0 Å². The molecule has 0 fully saturated rings. The highest BCUT2D eigenvalue weighted by molar-refractivity contribution is 7.99. The van der Waals surface area contributed by atoms with Gasteiger partial charge in [0.1, 0.15) is 5.54 Å². The number of aromatic nitrogens is 2. The smallest absolute Gasteiger partial charge is 0.242 e. The third-order valence-electron chi connectivity index (χ3n) is 3.43. The zero-order valence-electron chi connectivity index (χ0n) is 12.2. The quantitative estimate of drug-likeness (QED) is 0.793. The summed E-state index contributed by atoms with van der Waals surface area (Å²) in [7, 11) is 1.90. The normalized spacial score (nSPS) is 13.9. The van der Waals surface area contributed by atoms with Gasteiger partial charge in [-0.3, -0.25) is 9.48 Å². The Morgan fingerprint density at radius 3 is 2.57 bits per heavy atom. The number of hydrogen-bond donors (Lipinski definition) is 2. The summed E-state index contributed by atoms with van der Waals surface area (Å²) in [5.41, 5.74) is 12.4. The van der Waals surface area contributed by atoms with Crippen molar-refractivity contribution in [1.29, 1.82) is 0 Å². The van der Waals surface area contributed by atoms with Crippen molar-refractivity contribution in [2.75, 3.05) is 5.75 Å². The van der Waals surface area contributed by atoms with E-state index in [-0.39, 0.29) is 0 Å². The van der Waals surface area contributed by atoms with Crippen molar-refractivity contribution in [1.82, 2.24) is 9.78 Å². The maximum atomic E-state index is 11.8. The number of amides is 1. The summed E-state index contributed by atoms with van der Waals surface area (Å²) in [4.78, 5) is 11.8. The highest BCUT2D eigenvalue weighted by Gasteiger charge is 2.33. The Morgan fingerprint density at radius 1 is 1.38 bits per heavy atom. The van der Waals surface area contributed by atoms with Crippen molar-refractivity contribution in [3.05, 3.63) is 47.7 Å². The molecule has 0 saturated carbocycles. The second kappa shape index (κ2) is 6.32. The number of rotatable bonds is 6. The SMILES string of the molecule is Cc1cc(SCCC(N)(C(N)=O)c2ccccc2)n(C)n1. The van der Waals surface area contributed by atoms with Gasteiger partial charge in [-0.1, -0.05) is 30.3 Å². The third-order valence-corrected chi connectivity index (χ3v) is 4.52. The van der Waals surface area contributed by atoms with Gasteiger partial charge in [-0.25, -0.2) is 0 Å². The summed E-state index contributed by atoms with van der Waals surface area (Å²) in [5, 5.41) is 5.34. The van der Waals surface area contributed by atoms with Gasteiger partial charge in [0.15, 0.2) is 0 Å². The Bertz CT molecular complexity index is 626. The molecule has 0 radical (unpaired) electrons. The molecule has 1 atom stereocenters. The molecule has 0 saturated heterocycles. The number of nitrogens with two attached hydrogens (primary N) is 2. The van der Waals surface area contributed by atoms with Crippen LogP contribution in [0.15, 0.2) is 41.4 Å². The first-order valence-electron chi connectivity index (χ1n) is 6.71. The second-order valence-corrected chi connectivity index (χ2v) is 6.16. The monoisotopic (exact) mass is 304 g/mol. The zero-order chi connectivity index (χ0) is 15.5. The zero-order valence-corrected chi connectivity index (χ0v) is 13.1. The van der Waals surface area contributed by atoms with E-state index in [0.29, 0.717) is 12.2 Å². The van der Waals surface area contributed by atoms with Gasteiger partial charge < -0.3 is 11.5 Å². The first-order chi connectivity index (χ1) is 9.93. The fourth-order valence-corrected chi connectivity index (χ4v) is 3.30. The van der Waals surface area contributed by atoms with Crippen LogP contribution in [0.1, 0.15) is 17.7 Å². The number of carbonyl (C=O) groups excluding carboxylic acids is 1. The Morgan fingerprint density at radius 2 is 2.05 bits per heavy atom. The molecular formula is C15H20N4OS.